The summed E-state index contributed by atoms with van der Waals surface area (Å²) in [5.74, 6) is 0.862. The van der Waals surface area contributed by atoms with E-state index in [2.05, 4.69) is 11.4 Å². The van der Waals surface area contributed by atoms with E-state index in [1.54, 1.807) is 0 Å². The van der Waals surface area contributed by atoms with Crippen LogP contribution in [0.4, 0.5) is 0 Å². The zero-order chi connectivity index (χ0) is 6.53. The third kappa shape index (κ3) is 1.97. The second-order valence-corrected chi connectivity index (χ2v) is 2.68. The molecule has 9 heavy (non-hydrogen) atoms. The van der Waals surface area contributed by atoms with Crippen molar-refractivity contribution in [2.75, 3.05) is 6.54 Å². The third-order valence-electron chi connectivity index (χ3n) is 1.97. The summed E-state index contributed by atoms with van der Waals surface area (Å²) >= 11 is 0. The Hall–Kier alpha value is -0.640. The quantitative estimate of drug-likeness (QED) is 0.432. The SMILES string of the molecule is C#CNCC1CCCC1. The van der Waals surface area contributed by atoms with Gasteiger partial charge in [0.1, 0.15) is 0 Å². The summed E-state index contributed by atoms with van der Waals surface area (Å²) in [4.78, 5) is 0. The van der Waals surface area contributed by atoms with Crippen LogP contribution in [0.2, 0.25) is 0 Å². The maximum absolute atomic E-state index is 5.05. The molecular weight excluding hydrogens is 110 g/mol. The standard InChI is InChI=1S/C8H13N/c1-2-9-7-8-5-3-4-6-8/h1,8-9H,3-7H2. The maximum Gasteiger partial charge on any atom is 0.0257 e. The van der Waals surface area contributed by atoms with Crippen molar-refractivity contribution in [1.82, 2.24) is 5.32 Å². The Labute approximate surface area is 56.8 Å². The van der Waals surface area contributed by atoms with Gasteiger partial charge in [-0.3, -0.25) is 0 Å². The highest BCUT2D eigenvalue weighted by Gasteiger charge is 2.13. The molecule has 0 amide bonds. The molecular formula is C8H13N. The molecule has 0 aliphatic heterocycles. The summed E-state index contributed by atoms with van der Waals surface area (Å²) in [6.45, 7) is 1.02. The molecule has 1 fully saturated rings. The minimum absolute atomic E-state index is 0.862. The first kappa shape index (κ1) is 6.48. The second-order valence-electron chi connectivity index (χ2n) is 2.68. The molecule has 1 rings (SSSR count). The zero-order valence-corrected chi connectivity index (χ0v) is 5.69. The van der Waals surface area contributed by atoms with E-state index in [-0.39, 0.29) is 0 Å². The minimum atomic E-state index is 0.862. The van der Waals surface area contributed by atoms with Gasteiger partial charge in [-0.25, -0.2) is 0 Å². The van der Waals surface area contributed by atoms with Gasteiger partial charge in [0.15, 0.2) is 0 Å². The fourth-order valence-electron chi connectivity index (χ4n) is 1.42. The molecule has 0 aromatic heterocycles. The summed E-state index contributed by atoms with van der Waals surface area (Å²) in [5, 5.41) is 2.92. The Kier molecular flexibility index (Phi) is 2.45. The van der Waals surface area contributed by atoms with E-state index in [4.69, 9.17) is 6.42 Å². The molecule has 0 aromatic carbocycles. The van der Waals surface area contributed by atoms with Crippen LogP contribution in [0.5, 0.6) is 0 Å². The molecule has 0 aromatic rings. The highest BCUT2D eigenvalue weighted by Crippen LogP contribution is 2.23. The molecule has 0 atom stereocenters. The molecule has 1 aliphatic rings. The van der Waals surface area contributed by atoms with Crippen molar-refractivity contribution in [1.29, 1.82) is 0 Å². The van der Waals surface area contributed by atoms with E-state index in [1.807, 2.05) is 0 Å². The van der Waals surface area contributed by atoms with Crippen LogP contribution in [-0.4, -0.2) is 6.54 Å². The number of nitrogens with one attached hydrogen (secondary N) is 1. The van der Waals surface area contributed by atoms with E-state index in [1.165, 1.54) is 25.7 Å². The first-order valence-corrected chi connectivity index (χ1v) is 3.62. The van der Waals surface area contributed by atoms with Gasteiger partial charge < -0.3 is 5.32 Å². The predicted octanol–water partition coefficient (Wildman–Crippen LogP) is 1.36. The van der Waals surface area contributed by atoms with Gasteiger partial charge in [0.25, 0.3) is 0 Å². The predicted molar refractivity (Wildman–Crippen MR) is 38.8 cm³/mol. The van der Waals surface area contributed by atoms with E-state index in [0.29, 0.717) is 0 Å². The Morgan fingerprint density at radius 2 is 2.11 bits per heavy atom. The summed E-state index contributed by atoms with van der Waals surface area (Å²) in [7, 11) is 0. The molecule has 1 heteroatoms. The van der Waals surface area contributed by atoms with Gasteiger partial charge in [-0.15, -0.1) is 0 Å². The number of hydrogen-bond donors (Lipinski definition) is 1. The summed E-state index contributed by atoms with van der Waals surface area (Å²) < 4.78 is 0. The molecule has 1 nitrogen and oxygen atoms in total. The minimum Gasteiger partial charge on any atom is -0.346 e. The number of rotatable bonds is 2. The van der Waals surface area contributed by atoms with E-state index in [9.17, 15) is 0 Å². The monoisotopic (exact) mass is 123 g/mol. The Bertz CT molecular complexity index is 106. The highest BCUT2D eigenvalue weighted by molar-refractivity contribution is 4.82. The molecule has 0 spiro atoms. The molecule has 1 saturated carbocycles. The van der Waals surface area contributed by atoms with Gasteiger partial charge >= 0.3 is 0 Å². The summed E-state index contributed by atoms with van der Waals surface area (Å²) in [5.41, 5.74) is 0. The Morgan fingerprint density at radius 3 is 2.67 bits per heavy atom. The number of terminal acetylenes is 1. The van der Waals surface area contributed by atoms with E-state index >= 15 is 0 Å². The van der Waals surface area contributed by atoms with Gasteiger partial charge in [0, 0.05) is 12.6 Å². The smallest absolute Gasteiger partial charge is 0.0257 e. The van der Waals surface area contributed by atoms with Crippen LogP contribution in [0.3, 0.4) is 0 Å². The van der Waals surface area contributed by atoms with Crippen LogP contribution < -0.4 is 5.32 Å². The lowest BCUT2D eigenvalue weighted by Crippen LogP contribution is -2.15. The van der Waals surface area contributed by atoms with Gasteiger partial charge in [-0.2, -0.15) is 0 Å². The van der Waals surface area contributed by atoms with Crippen molar-refractivity contribution in [3.63, 3.8) is 0 Å². The largest absolute Gasteiger partial charge is 0.346 e. The van der Waals surface area contributed by atoms with Crippen molar-refractivity contribution in [2.24, 2.45) is 5.92 Å². The van der Waals surface area contributed by atoms with Crippen LogP contribution in [0.15, 0.2) is 0 Å². The molecule has 0 heterocycles. The van der Waals surface area contributed by atoms with Gasteiger partial charge in [-0.05, 0) is 18.8 Å². The molecule has 0 saturated heterocycles. The van der Waals surface area contributed by atoms with Crippen molar-refractivity contribution >= 4 is 0 Å². The first-order chi connectivity index (χ1) is 4.43. The highest BCUT2D eigenvalue weighted by atomic mass is 14.8. The van der Waals surface area contributed by atoms with Crippen LogP contribution in [0, 0.1) is 18.4 Å². The van der Waals surface area contributed by atoms with Gasteiger partial charge in [0.2, 0.25) is 0 Å². The summed E-state index contributed by atoms with van der Waals surface area (Å²) in [6, 6.07) is 2.44. The number of hydrogen-bond acceptors (Lipinski definition) is 1. The molecule has 0 bridgehead atoms. The van der Waals surface area contributed by atoms with Gasteiger partial charge in [0.05, 0.1) is 0 Å². The van der Waals surface area contributed by atoms with Crippen LogP contribution in [-0.2, 0) is 0 Å². The van der Waals surface area contributed by atoms with Gasteiger partial charge in [-0.1, -0.05) is 19.3 Å². The topological polar surface area (TPSA) is 12.0 Å². The second kappa shape index (κ2) is 3.40. The average molecular weight is 123 g/mol. The van der Waals surface area contributed by atoms with Crippen molar-refractivity contribution in [3.8, 4) is 12.5 Å². The van der Waals surface area contributed by atoms with Crippen molar-refractivity contribution < 1.29 is 0 Å². The lowest BCUT2D eigenvalue weighted by atomic mass is 10.1. The fourth-order valence-corrected chi connectivity index (χ4v) is 1.42. The van der Waals surface area contributed by atoms with E-state index < -0.39 is 0 Å². The molecule has 50 valence electrons. The Balaban J connectivity index is 2.06. The zero-order valence-electron chi connectivity index (χ0n) is 5.69. The maximum atomic E-state index is 5.05. The molecule has 0 unspecified atom stereocenters. The van der Waals surface area contributed by atoms with E-state index in [0.717, 1.165) is 12.5 Å². The molecule has 0 radical (unpaired) electrons. The van der Waals surface area contributed by atoms with Crippen LogP contribution >= 0.6 is 0 Å². The third-order valence-corrected chi connectivity index (χ3v) is 1.97. The fraction of sp³-hybridized carbons (Fsp3) is 0.750. The normalized spacial score (nSPS) is 19.4. The lowest BCUT2D eigenvalue weighted by Gasteiger charge is -2.05. The average Bonchev–Trinajstić information content (AvgIpc) is 2.34. The summed E-state index contributed by atoms with van der Waals surface area (Å²) in [6.07, 6.45) is 10.6. The molecule has 1 aliphatic carbocycles. The van der Waals surface area contributed by atoms with Crippen molar-refractivity contribution in [2.45, 2.75) is 25.7 Å². The van der Waals surface area contributed by atoms with Crippen molar-refractivity contribution in [3.05, 3.63) is 0 Å². The van der Waals surface area contributed by atoms with Crippen LogP contribution in [0.25, 0.3) is 0 Å². The first-order valence-electron chi connectivity index (χ1n) is 3.62. The Morgan fingerprint density at radius 1 is 1.44 bits per heavy atom. The lowest BCUT2D eigenvalue weighted by molar-refractivity contribution is 0.532. The van der Waals surface area contributed by atoms with Crippen LogP contribution in [0.1, 0.15) is 25.7 Å². The molecule has 1 N–H and O–H groups in total.